The van der Waals surface area contributed by atoms with Gasteiger partial charge < -0.3 is 4.57 Å². The second kappa shape index (κ2) is 4.21. The Morgan fingerprint density at radius 1 is 1.27 bits per heavy atom. The molecule has 0 atom stereocenters. The number of nitrogens with zero attached hydrogens (tertiary/aromatic N) is 3. The van der Waals surface area contributed by atoms with Crippen molar-refractivity contribution in [1.82, 2.24) is 14.8 Å². The molecule has 0 aliphatic rings. The van der Waals surface area contributed by atoms with Gasteiger partial charge in [0.2, 0.25) is 0 Å². The fourth-order valence-corrected chi connectivity index (χ4v) is 1.64. The number of rotatable bonds is 2. The van der Waals surface area contributed by atoms with E-state index >= 15 is 0 Å². The molecule has 5 heteroatoms. The van der Waals surface area contributed by atoms with Crippen LogP contribution in [0.1, 0.15) is 6.92 Å². The highest BCUT2D eigenvalue weighted by Crippen LogP contribution is 2.27. The molecule has 0 saturated heterocycles. The molecule has 1 aromatic heterocycles. The summed E-state index contributed by atoms with van der Waals surface area (Å²) in [5.74, 6) is 0.802. The molecule has 15 heavy (non-hydrogen) atoms. The first-order valence-electron chi connectivity index (χ1n) is 4.55. The van der Waals surface area contributed by atoms with Crippen LogP contribution in [0.3, 0.4) is 0 Å². The minimum atomic E-state index is 0.528. The normalized spacial score (nSPS) is 10.6. The summed E-state index contributed by atoms with van der Waals surface area (Å²) in [4.78, 5) is 0. The maximum absolute atomic E-state index is 5.94. The summed E-state index contributed by atoms with van der Waals surface area (Å²) < 4.78 is 1.94. The highest BCUT2D eigenvalue weighted by Gasteiger charge is 2.07. The van der Waals surface area contributed by atoms with Crippen LogP contribution in [0.2, 0.25) is 10.0 Å². The molecule has 0 saturated carbocycles. The third kappa shape index (κ3) is 1.98. The first-order valence-corrected chi connectivity index (χ1v) is 5.31. The topological polar surface area (TPSA) is 30.7 Å². The van der Waals surface area contributed by atoms with E-state index in [0.717, 1.165) is 17.9 Å². The van der Waals surface area contributed by atoms with Crippen LogP contribution in [0.4, 0.5) is 0 Å². The Morgan fingerprint density at radius 2 is 2.07 bits per heavy atom. The number of hydrogen-bond acceptors (Lipinski definition) is 2. The Balaban J connectivity index is 2.50. The molecule has 2 rings (SSSR count). The van der Waals surface area contributed by atoms with Gasteiger partial charge in [0.15, 0.2) is 5.82 Å². The van der Waals surface area contributed by atoms with E-state index in [0.29, 0.717) is 10.0 Å². The van der Waals surface area contributed by atoms with Crippen molar-refractivity contribution in [1.29, 1.82) is 0 Å². The lowest BCUT2D eigenvalue weighted by Crippen LogP contribution is -1.95. The number of benzene rings is 1. The molecule has 0 fully saturated rings. The molecule has 2 aromatic rings. The molecule has 0 spiro atoms. The van der Waals surface area contributed by atoms with Gasteiger partial charge in [0.1, 0.15) is 6.33 Å². The maximum atomic E-state index is 5.94. The van der Waals surface area contributed by atoms with Crippen molar-refractivity contribution >= 4 is 23.2 Å². The summed E-state index contributed by atoms with van der Waals surface area (Å²) in [5, 5.41) is 8.97. The first-order chi connectivity index (χ1) is 7.22. The number of halogens is 2. The summed E-state index contributed by atoms with van der Waals surface area (Å²) in [6.07, 6.45) is 1.69. The van der Waals surface area contributed by atoms with Crippen LogP contribution in [0.15, 0.2) is 24.5 Å². The zero-order valence-electron chi connectivity index (χ0n) is 8.11. The average molecular weight is 242 g/mol. The Labute approximate surface area is 97.7 Å². The minimum absolute atomic E-state index is 0.528. The average Bonchev–Trinajstić information content (AvgIpc) is 2.70. The smallest absolute Gasteiger partial charge is 0.163 e. The molecule has 3 nitrogen and oxygen atoms in total. The summed E-state index contributed by atoms with van der Waals surface area (Å²) >= 11 is 11.8. The van der Waals surface area contributed by atoms with Gasteiger partial charge in [-0.15, -0.1) is 10.2 Å². The van der Waals surface area contributed by atoms with Crippen LogP contribution < -0.4 is 0 Å². The van der Waals surface area contributed by atoms with Crippen LogP contribution in [-0.4, -0.2) is 14.8 Å². The summed E-state index contributed by atoms with van der Waals surface area (Å²) in [7, 11) is 0. The lowest BCUT2D eigenvalue weighted by atomic mass is 10.2. The summed E-state index contributed by atoms with van der Waals surface area (Å²) in [5.41, 5.74) is 0.920. The van der Waals surface area contributed by atoms with Crippen molar-refractivity contribution in [3.63, 3.8) is 0 Å². The first kappa shape index (κ1) is 10.5. The molecule has 0 aliphatic heterocycles. The van der Waals surface area contributed by atoms with E-state index in [4.69, 9.17) is 23.2 Å². The van der Waals surface area contributed by atoms with E-state index in [9.17, 15) is 0 Å². The SMILES string of the molecule is CCn1cnnc1-c1ccc(Cl)c(Cl)c1. The molecule has 1 aromatic carbocycles. The molecule has 0 unspecified atom stereocenters. The Bertz CT molecular complexity index is 479. The van der Waals surface area contributed by atoms with E-state index in [-0.39, 0.29) is 0 Å². The van der Waals surface area contributed by atoms with Gasteiger partial charge in [-0.05, 0) is 25.1 Å². The van der Waals surface area contributed by atoms with E-state index in [1.165, 1.54) is 0 Å². The molecular weight excluding hydrogens is 233 g/mol. The van der Waals surface area contributed by atoms with Crippen LogP contribution in [-0.2, 0) is 6.54 Å². The largest absolute Gasteiger partial charge is 0.314 e. The lowest BCUT2D eigenvalue weighted by Gasteiger charge is -2.04. The predicted molar refractivity (Wildman–Crippen MR) is 61.2 cm³/mol. The van der Waals surface area contributed by atoms with Crippen molar-refractivity contribution in [3.05, 3.63) is 34.6 Å². The second-order valence-electron chi connectivity index (χ2n) is 3.07. The highest BCUT2D eigenvalue weighted by molar-refractivity contribution is 6.42. The van der Waals surface area contributed by atoms with Crippen LogP contribution in [0.25, 0.3) is 11.4 Å². The van der Waals surface area contributed by atoms with Crippen molar-refractivity contribution in [3.8, 4) is 11.4 Å². The Kier molecular flexibility index (Phi) is 2.93. The molecule has 0 amide bonds. The van der Waals surface area contributed by atoms with Crippen molar-refractivity contribution < 1.29 is 0 Å². The fraction of sp³-hybridized carbons (Fsp3) is 0.200. The monoisotopic (exact) mass is 241 g/mol. The number of hydrogen-bond donors (Lipinski definition) is 0. The van der Waals surface area contributed by atoms with E-state index in [1.54, 1.807) is 18.5 Å². The van der Waals surface area contributed by atoms with E-state index in [1.807, 2.05) is 17.6 Å². The van der Waals surface area contributed by atoms with Crippen LogP contribution in [0, 0.1) is 0 Å². The number of aryl methyl sites for hydroxylation is 1. The van der Waals surface area contributed by atoms with Gasteiger partial charge in [-0.1, -0.05) is 23.2 Å². The van der Waals surface area contributed by atoms with Gasteiger partial charge in [0.05, 0.1) is 10.0 Å². The van der Waals surface area contributed by atoms with Crippen molar-refractivity contribution in [2.24, 2.45) is 0 Å². The third-order valence-electron chi connectivity index (χ3n) is 2.13. The van der Waals surface area contributed by atoms with Gasteiger partial charge in [-0.25, -0.2) is 0 Å². The fourth-order valence-electron chi connectivity index (χ4n) is 1.35. The molecular formula is C10H9Cl2N3. The predicted octanol–water partition coefficient (Wildman–Crippen LogP) is 3.27. The van der Waals surface area contributed by atoms with Gasteiger partial charge >= 0.3 is 0 Å². The number of aromatic nitrogens is 3. The standard InChI is InChI=1S/C10H9Cl2N3/c1-2-15-6-13-14-10(15)7-3-4-8(11)9(12)5-7/h3-6H,2H2,1H3. The van der Waals surface area contributed by atoms with Crippen molar-refractivity contribution in [2.75, 3.05) is 0 Å². The molecule has 0 radical (unpaired) electrons. The molecule has 1 heterocycles. The summed E-state index contributed by atoms with van der Waals surface area (Å²) in [6, 6.07) is 5.43. The third-order valence-corrected chi connectivity index (χ3v) is 2.87. The lowest BCUT2D eigenvalue weighted by molar-refractivity contribution is 0.767. The highest BCUT2D eigenvalue weighted by atomic mass is 35.5. The van der Waals surface area contributed by atoms with Crippen LogP contribution >= 0.6 is 23.2 Å². The van der Waals surface area contributed by atoms with Gasteiger partial charge in [0.25, 0.3) is 0 Å². The molecule has 0 aliphatic carbocycles. The van der Waals surface area contributed by atoms with E-state index < -0.39 is 0 Å². The Morgan fingerprint density at radius 3 is 2.73 bits per heavy atom. The quantitative estimate of drug-likeness (QED) is 0.809. The van der Waals surface area contributed by atoms with Gasteiger partial charge in [-0.2, -0.15) is 0 Å². The van der Waals surface area contributed by atoms with E-state index in [2.05, 4.69) is 10.2 Å². The molecule has 0 N–H and O–H groups in total. The van der Waals surface area contributed by atoms with Gasteiger partial charge in [-0.3, -0.25) is 0 Å². The van der Waals surface area contributed by atoms with Crippen LogP contribution in [0.5, 0.6) is 0 Å². The minimum Gasteiger partial charge on any atom is -0.314 e. The Hall–Kier alpha value is -1.06. The zero-order chi connectivity index (χ0) is 10.8. The maximum Gasteiger partial charge on any atom is 0.163 e. The summed E-state index contributed by atoms with van der Waals surface area (Å²) in [6.45, 7) is 2.85. The van der Waals surface area contributed by atoms with Gasteiger partial charge in [0, 0.05) is 12.1 Å². The second-order valence-corrected chi connectivity index (χ2v) is 3.88. The molecule has 0 bridgehead atoms. The zero-order valence-corrected chi connectivity index (χ0v) is 9.63. The van der Waals surface area contributed by atoms with Crippen molar-refractivity contribution in [2.45, 2.75) is 13.5 Å². The molecule has 78 valence electrons.